The zero-order valence-electron chi connectivity index (χ0n) is 20.1. The second-order valence-electron chi connectivity index (χ2n) is 12.1. The Morgan fingerprint density at radius 3 is 2.62 bits per heavy atom. The second-order valence-corrected chi connectivity index (χ2v) is 12.1. The summed E-state index contributed by atoms with van der Waals surface area (Å²) in [7, 11) is 0. The predicted molar refractivity (Wildman–Crippen MR) is 124 cm³/mol. The van der Waals surface area contributed by atoms with E-state index in [0.717, 1.165) is 18.4 Å². The minimum Gasteiger partial charge on any atom is -0.374 e. The maximum absolute atomic E-state index is 6.30. The van der Waals surface area contributed by atoms with Gasteiger partial charge in [0.15, 0.2) is 0 Å². The highest BCUT2D eigenvalue weighted by atomic mass is 16.5. The molecular weight excluding hydrogens is 352 g/mol. The lowest BCUT2D eigenvalue weighted by atomic mass is 9.46. The molecule has 162 valence electrons. The third-order valence-corrected chi connectivity index (χ3v) is 9.66. The molecule has 4 aliphatic rings. The summed E-state index contributed by atoms with van der Waals surface area (Å²) in [6.45, 7) is 17.6. The van der Waals surface area contributed by atoms with Crippen LogP contribution in [-0.4, -0.2) is 12.7 Å². The van der Waals surface area contributed by atoms with Crippen molar-refractivity contribution in [2.45, 2.75) is 99.5 Å². The summed E-state index contributed by atoms with van der Waals surface area (Å²) in [4.78, 5) is 0. The van der Waals surface area contributed by atoms with E-state index in [1.54, 1.807) is 11.1 Å². The molecule has 1 nitrogen and oxygen atoms in total. The van der Waals surface area contributed by atoms with Crippen molar-refractivity contribution in [1.82, 2.24) is 0 Å². The Morgan fingerprint density at radius 2 is 1.90 bits per heavy atom. The molecule has 29 heavy (non-hydrogen) atoms. The molecule has 0 aromatic rings. The van der Waals surface area contributed by atoms with Gasteiger partial charge in [-0.2, -0.15) is 0 Å². The van der Waals surface area contributed by atoms with E-state index in [-0.39, 0.29) is 0 Å². The van der Waals surface area contributed by atoms with Crippen molar-refractivity contribution in [1.29, 1.82) is 0 Å². The first-order valence-electron chi connectivity index (χ1n) is 12.3. The topological polar surface area (TPSA) is 9.23 Å². The Labute approximate surface area is 180 Å². The quantitative estimate of drug-likeness (QED) is 0.439. The highest BCUT2D eigenvalue weighted by Crippen LogP contribution is 2.66. The normalized spacial score (nSPS) is 41.4. The molecule has 0 aromatic heterocycles. The summed E-state index contributed by atoms with van der Waals surface area (Å²) in [5, 5.41) is 0. The van der Waals surface area contributed by atoms with Gasteiger partial charge in [-0.15, -0.1) is 0 Å². The molecule has 2 fully saturated rings. The van der Waals surface area contributed by atoms with Gasteiger partial charge in [-0.1, -0.05) is 63.5 Å². The van der Waals surface area contributed by atoms with Crippen LogP contribution in [0.25, 0.3) is 0 Å². The molecule has 0 unspecified atom stereocenters. The number of hydrogen-bond acceptors (Lipinski definition) is 1. The van der Waals surface area contributed by atoms with Crippen molar-refractivity contribution >= 4 is 0 Å². The van der Waals surface area contributed by atoms with Crippen molar-refractivity contribution in [2.75, 3.05) is 6.61 Å². The molecule has 0 aromatic carbocycles. The Hall–Kier alpha value is -0.820. The lowest BCUT2D eigenvalue weighted by Gasteiger charge is -2.58. The van der Waals surface area contributed by atoms with E-state index in [9.17, 15) is 0 Å². The van der Waals surface area contributed by atoms with Crippen LogP contribution in [0.5, 0.6) is 0 Å². The van der Waals surface area contributed by atoms with E-state index in [0.29, 0.717) is 28.3 Å². The van der Waals surface area contributed by atoms with E-state index < -0.39 is 0 Å². The van der Waals surface area contributed by atoms with Gasteiger partial charge in [-0.3, -0.25) is 0 Å². The molecule has 0 radical (unpaired) electrons. The molecule has 4 aliphatic carbocycles. The van der Waals surface area contributed by atoms with Gasteiger partial charge < -0.3 is 4.74 Å². The zero-order valence-corrected chi connectivity index (χ0v) is 20.1. The van der Waals surface area contributed by atoms with E-state index >= 15 is 0 Å². The first-order valence-corrected chi connectivity index (χ1v) is 12.3. The fourth-order valence-electron chi connectivity index (χ4n) is 8.08. The van der Waals surface area contributed by atoms with Crippen LogP contribution in [0.1, 0.15) is 93.4 Å². The smallest absolute Gasteiger partial charge is 0.0653 e. The summed E-state index contributed by atoms with van der Waals surface area (Å²) < 4.78 is 6.30. The molecule has 0 heterocycles. The summed E-state index contributed by atoms with van der Waals surface area (Å²) in [6.07, 6.45) is 17.3. The highest BCUT2D eigenvalue weighted by Gasteiger charge is 2.56. The van der Waals surface area contributed by atoms with Gasteiger partial charge in [0.25, 0.3) is 0 Å². The van der Waals surface area contributed by atoms with Crippen LogP contribution >= 0.6 is 0 Å². The van der Waals surface area contributed by atoms with Gasteiger partial charge in [-0.05, 0) is 98.9 Å². The molecule has 4 rings (SSSR count). The molecular formula is C28H44O. The van der Waals surface area contributed by atoms with Crippen molar-refractivity contribution in [3.8, 4) is 0 Å². The van der Waals surface area contributed by atoms with E-state index in [2.05, 4.69) is 66.7 Å². The fraction of sp³-hybridized carbons (Fsp3) is 0.786. The number of ether oxygens (including phenoxy) is 1. The van der Waals surface area contributed by atoms with Crippen LogP contribution in [0.15, 0.2) is 34.9 Å². The first kappa shape index (κ1) is 21.4. The summed E-state index contributed by atoms with van der Waals surface area (Å²) in [6, 6.07) is 0. The van der Waals surface area contributed by atoms with Crippen LogP contribution < -0.4 is 0 Å². The van der Waals surface area contributed by atoms with Gasteiger partial charge >= 0.3 is 0 Å². The summed E-state index contributed by atoms with van der Waals surface area (Å²) in [5.74, 6) is 2.19. The molecule has 2 saturated carbocycles. The molecule has 0 amide bonds. The standard InChI is InChI=1S/C28H44O/c1-19(2)14-18-29-20(3)22-10-11-23-21-9-12-25-26(4,5)15-8-16-28(25,7)24(21)13-17-27(22,23)6/h9,12,14,20,22,24-25H,8,10-11,13,15-18H2,1-7H3/t20-,22+,24-,25-,27+,28+/m0/s1. The van der Waals surface area contributed by atoms with Crippen molar-refractivity contribution in [2.24, 2.45) is 34.0 Å². The second kappa shape index (κ2) is 7.40. The van der Waals surface area contributed by atoms with Crippen molar-refractivity contribution in [3.63, 3.8) is 0 Å². The summed E-state index contributed by atoms with van der Waals surface area (Å²) >= 11 is 0. The van der Waals surface area contributed by atoms with E-state index in [4.69, 9.17) is 4.74 Å². The lowest BCUT2D eigenvalue weighted by Crippen LogP contribution is -2.50. The monoisotopic (exact) mass is 396 g/mol. The Bertz CT molecular complexity index is 733. The van der Waals surface area contributed by atoms with Gasteiger partial charge in [0.1, 0.15) is 0 Å². The van der Waals surface area contributed by atoms with Crippen LogP contribution in [-0.2, 0) is 4.74 Å². The molecule has 1 heteroatoms. The first-order chi connectivity index (χ1) is 13.6. The molecule has 0 spiro atoms. The van der Waals surface area contributed by atoms with Gasteiger partial charge in [-0.25, -0.2) is 0 Å². The number of allylic oxidation sites excluding steroid dienone is 5. The number of hydrogen-bond donors (Lipinski definition) is 0. The molecule has 0 bridgehead atoms. The fourth-order valence-corrected chi connectivity index (χ4v) is 8.08. The highest BCUT2D eigenvalue weighted by molar-refractivity contribution is 5.42. The number of fused-ring (bicyclic) bond motifs is 4. The maximum Gasteiger partial charge on any atom is 0.0653 e. The molecule has 0 aliphatic heterocycles. The van der Waals surface area contributed by atoms with E-state index in [1.165, 1.54) is 50.5 Å². The zero-order chi connectivity index (χ0) is 21.0. The average molecular weight is 397 g/mol. The SMILES string of the molecule is CC(C)=CCO[C@@H](C)[C@H]1CCC2=C3C=C[C@H]4C(C)(C)CCC[C@]4(C)[C@H]3CC[C@@]21C. The van der Waals surface area contributed by atoms with Crippen molar-refractivity contribution in [3.05, 3.63) is 34.9 Å². The van der Waals surface area contributed by atoms with Crippen LogP contribution in [0, 0.1) is 34.0 Å². The lowest BCUT2D eigenvalue weighted by molar-refractivity contribution is -0.0265. The van der Waals surface area contributed by atoms with Crippen LogP contribution in [0.4, 0.5) is 0 Å². The van der Waals surface area contributed by atoms with E-state index in [1.807, 2.05) is 0 Å². The molecule has 6 atom stereocenters. The molecule has 0 N–H and O–H groups in total. The van der Waals surface area contributed by atoms with Gasteiger partial charge in [0.05, 0.1) is 12.7 Å². The third-order valence-electron chi connectivity index (χ3n) is 9.66. The van der Waals surface area contributed by atoms with Gasteiger partial charge in [0, 0.05) is 0 Å². The van der Waals surface area contributed by atoms with Gasteiger partial charge in [0.2, 0.25) is 0 Å². The Morgan fingerprint density at radius 1 is 1.14 bits per heavy atom. The maximum atomic E-state index is 6.30. The predicted octanol–water partition coefficient (Wildman–Crippen LogP) is 7.88. The van der Waals surface area contributed by atoms with Crippen LogP contribution in [0.2, 0.25) is 0 Å². The molecule has 0 saturated heterocycles. The minimum absolute atomic E-state index is 0.341. The minimum atomic E-state index is 0.341. The average Bonchev–Trinajstić information content (AvgIpc) is 2.98. The third kappa shape index (κ3) is 3.40. The Kier molecular flexibility index (Phi) is 5.46. The van der Waals surface area contributed by atoms with Crippen molar-refractivity contribution < 1.29 is 4.74 Å². The Balaban J connectivity index is 1.63. The summed E-state index contributed by atoms with van der Waals surface area (Å²) in [5.41, 5.74) is 6.15. The number of rotatable bonds is 4. The largest absolute Gasteiger partial charge is 0.374 e. The van der Waals surface area contributed by atoms with Crippen LogP contribution in [0.3, 0.4) is 0 Å².